The van der Waals surface area contributed by atoms with E-state index in [1.807, 2.05) is 0 Å². The number of carbonyl (C=O) groups excluding carboxylic acids is 1. The zero-order valence-electron chi connectivity index (χ0n) is 9.91. The zero-order chi connectivity index (χ0) is 14.0. The van der Waals surface area contributed by atoms with Crippen molar-refractivity contribution < 1.29 is 18.3 Å². The van der Waals surface area contributed by atoms with Crippen molar-refractivity contribution >= 4 is 28.4 Å². The molecule has 0 heterocycles. The number of benzene rings is 2. The topological polar surface area (TPSA) is 26.3 Å². The van der Waals surface area contributed by atoms with Crippen LogP contribution in [0.15, 0.2) is 36.4 Å². The average Bonchev–Trinajstić information content (AvgIpc) is 2.38. The minimum atomic E-state index is -0.930. The van der Waals surface area contributed by atoms with Crippen molar-refractivity contribution in [1.29, 1.82) is 0 Å². The van der Waals surface area contributed by atoms with Crippen LogP contribution in [0.5, 0.6) is 5.75 Å². The molecule has 0 fully saturated rings. The molecule has 98 valence electrons. The van der Waals surface area contributed by atoms with E-state index in [4.69, 9.17) is 4.74 Å². The Morgan fingerprint density at radius 2 is 1.63 bits per heavy atom. The number of hydrogen-bond acceptors (Lipinski definition) is 2. The number of halogens is 3. The smallest absolute Gasteiger partial charge is 0.198 e. The van der Waals surface area contributed by atoms with Gasteiger partial charge in [0.2, 0.25) is 0 Å². The summed E-state index contributed by atoms with van der Waals surface area (Å²) >= 11 is 2.08. The van der Waals surface area contributed by atoms with Crippen molar-refractivity contribution in [3.63, 3.8) is 0 Å². The summed E-state index contributed by atoms with van der Waals surface area (Å²) in [6.07, 6.45) is 0. The maximum atomic E-state index is 13.8. The minimum Gasteiger partial charge on any atom is -0.497 e. The third-order valence-corrected chi connectivity index (χ3v) is 3.30. The van der Waals surface area contributed by atoms with Gasteiger partial charge in [0.1, 0.15) is 17.4 Å². The van der Waals surface area contributed by atoms with Gasteiger partial charge in [0.15, 0.2) is 5.78 Å². The second-order valence-corrected chi connectivity index (χ2v) is 5.05. The second kappa shape index (κ2) is 5.64. The number of methoxy groups -OCH3 is 1. The van der Waals surface area contributed by atoms with Gasteiger partial charge >= 0.3 is 0 Å². The normalized spacial score (nSPS) is 10.3. The van der Waals surface area contributed by atoms with Crippen LogP contribution in [0.25, 0.3) is 0 Å². The van der Waals surface area contributed by atoms with E-state index in [0.29, 0.717) is 0 Å². The SMILES string of the molecule is COc1cc(F)c(C(=O)c2ccc(I)cc2)c(F)c1. The van der Waals surface area contributed by atoms with E-state index in [1.165, 1.54) is 19.2 Å². The van der Waals surface area contributed by atoms with Gasteiger partial charge in [0, 0.05) is 21.3 Å². The monoisotopic (exact) mass is 374 g/mol. The van der Waals surface area contributed by atoms with E-state index >= 15 is 0 Å². The molecule has 2 nitrogen and oxygen atoms in total. The molecule has 0 N–H and O–H groups in total. The highest BCUT2D eigenvalue weighted by Crippen LogP contribution is 2.23. The summed E-state index contributed by atoms with van der Waals surface area (Å²) in [6, 6.07) is 8.45. The van der Waals surface area contributed by atoms with Gasteiger partial charge in [-0.05, 0) is 46.9 Å². The largest absolute Gasteiger partial charge is 0.497 e. The molecule has 0 aliphatic carbocycles. The Morgan fingerprint density at radius 3 is 2.11 bits per heavy atom. The van der Waals surface area contributed by atoms with Crippen LogP contribution in [-0.4, -0.2) is 12.9 Å². The van der Waals surface area contributed by atoms with E-state index < -0.39 is 23.0 Å². The molecule has 0 atom stereocenters. The lowest BCUT2D eigenvalue weighted by Gasteiger charge is -2.07. The molecule has 0 radical (unpaired) electrons. The van der Waals surface area contributed by atoms with Crippen molar-refractivity contribution in [3.05, 3.63) is 62.7 Å². The average molecular weight is 374 g/mol. The maximum absolute atomic E-state index is 13.8. The third kappa shape index (κ3) is 2.91. The highest BCUT2D eigenvalue weighted by molar-refractivity contribution is 14.1. The molecule has 2 aromatic rings. The first-order valence-corrected chi connectivity index (χ1v) is 6.44. The van der Waals surface area contributed by atoms with Gasteiger partial charge < -0.3 is 4.74 Å². The van der Waals surface area contributed by atoms with Crippen LogP contribution in [-0.2, 0) is 0 Å². The number of ether oxygens (including phenoxy) is 1. The third-order valence-electron chi connectivity index (χ3n) is 2.58. The first kappa shape index (κ1) is 13.9. The Labute approximate surface area is 122 Å². The molecule has 0 saturated carbocycles. The Bertz CT molecular complexity index is 601. The van der Waals surface area contributed by atoms with Crippen LogP contribution in [0.3, 0.4) is 0 Å². The predicted molar refractivity (Wildman–Crippen MR) is 75.5 cm³/mol. The standard InChI is InChI=1S/C14H9F2IO2/c1-19-10-6-11(15)13(12(16)7-10)14(18)8-2-4-9(17)5-3-8/h2-7H,1H3. The van der Waals surface area contributed by atoms with Crippen LogP contribution in [0, 0.1) is 15.2 Å². The fourth-order valence-corrected chi connectivity index (χ4v) is 1.99. The Kier molecular flexibility index (Phi) is 4.14. The number of rotatable bonds is 3. The molecule has 2 aromatic carbocycles. The number of ketones is 1. The molecule has 0 unspecified atom stereocenters. The van der Waals surface area contributed by atoms with Gasteiger partial charge in [-0.3, -0.25) is 4.79 Å². The van der Waals surface area contributed by atoms with Gasteiger partial charge in [0.25, 0.3) is 0 Å². The molecule has 0 aliphatic heterocycles. The zero-order valence-corrected chi connectivity index (χ0v) is 12.1. The van der Waals surface area contributed by atoms with Crippen molar-refractivity contribution in [2.24, 2.45) is 0 Å². The highest BCUT2D eigenvalue weighted by Gasteiger charge is 2.20. The summed E-state index contributed by atoms with van der Waals surface area (Å²) < 4.78 is 33.2. The summed E-state index contributed by atoms with van der Waals surface area (Å²) in [7, 11) is 1.30. The van der Waals surface area contributed by atoms with E-state index in [0.717, 1.165) is 15.7 Å². The van der Waals surface area contributed by atoms with E-state index in [1.54, 1.807) is 12.1 Å². The molecule has 5 heteroatoms. The first-order valence-electron chi connectivity index (χ1n) is 5.36. The molecule has 0 aromatic heterocycles. The molecule has 0 bridgehead atoms. The van der Waals surface area contributed by atoms with Gasteiger partial charge in [-0.2, -0.15) is 0 Å². The van der Waals surface area contributed by atoms with Crippen molar-refractivity contribution in [3.8, 4) is 5.75 Å². The van der Waals surface area contributed by atoms with E-state index in [-0.39, 0.29) is 11.3 Å². The summed E-state index contributed by atoms with van der Waals surface area (Å²) in [4.78, 5) is 12.1. The Balaban J connectivity index is 2.47. The van der Waals surface area contributed by atoms with Gasteiger partial charge in [-0.1, -0.05) is 0 Å². The molecule has 19 heavy (non-hydrogen) atoms. The molecule has 0 spiro atoms. The van der Waals surface area contributed by atoms with Gasteiger partial charge in [-0.25, -0.2) is 8.78 Å². The number of hydrogen-bond donors (Lipinski definition) is 0. The van der Waals surface area contributed by atoms with Gasteiger partial charge in [0.05, 0.1) is 12.7 Å². The number of carbonyl (C=O) groups is 1. The quantitative estimate of drug-likeness (QED) is 0.604. The summed E-state index contributed by atoms with van der Waals surface area (Å²) in [5.74, 6) is -2.51. The first-order chi connectivity index (χ1) is 9.02. The molecular formula is C14H9F2IO2. The molecule has 0 amide bonds. The van der Waals surface area contributed by atoms with Crippen LogP contribution < -0.4 is 4.74 Å². The van der Waals surface area contributed by atoms with Crippen molar-refractivity contribution in [1.82, 2.24) is 0 Å². The highest BCUT2D eigenvalue weighted by atomic mass is 127. The lowest BCUT2D eigenvalue weighted by atomic mass is 10.0. The fourth-order valence-electron chi connectivity index (χ4n) is 1.63. The lowest BCUT2D eigenvalue weighted by molar-refractivity contribution is 0.103. The molecule has 0 aliphatic rings. The molecule has 2 rings (SSSR count). The predicted octanol–water partition coefficient (Wildman–Crippen LogP) is 3.81. The second-order valence-electron chi connectivity index (χ2n) is 3.80. The van der Waals surface area contributed by atoms with Crippen molar-refractivity contribution in [2.75, 3.05) is 7.11 Å². The van der Waals surface area contributed by atoms with Crippen LogP contribution in [0.4, 0.5) is 8.78 Å². The van der Waals surface area contributed by atoms with E-state index in [2.05, 4.69) is 22.6 Å². The summed E-state index contributed by atoms with van der Waals surface area (Å²) in [5, 5.41) is 0. The molecule has 0 saturated heterocycles. The van der Waals surface area contributed by atoms with Gasteiger partial charge in [-0.15, -0.1) is 0 Å². The van der Waals surface area contributed by atoms with Crippen LogP contribution in [0.2, 0.25) is 0 Å². The van der Waals surface area contributed by atoms with Crippen LogP contribution >= 0.6 is 22.6 Å². The summed E-state index contributed by atoms with van der Waals surface area (Å²) in [6.45, 7) is 0. The minimum absolute atomic E-state index is 0.0363. The fraction of sp³-hybridized carbons (Fsp3) is 0.0714. The molecular weight excluding hydrogens is 365 g/mol. The maximum Gasteiger partial charge on any atom is 0.198 e. The Hall–Kier alpha value is -1.50. The van der Waals surface area contributed by atoms with Crippen LogP contribution in [0.1, 0.15) is 15.9 Å². The lowest BCUT2D eigenvalue weighted by Crippen LogP contribution is -2.08. The van der Waals surface area contributed by atoms with Crippen molar-refractivity contribution in [2.45, 2.75) is 0 Å². The van der Waals surface area contributed by atoms with E-state index in [9.17, 15) is 13.6 Å². The summed E-state index contributed by atoms with van der Waals surface area (Å²) in [5.41, 5.74) is -0.328. The Morgan fingerprint density at radius 1 is 1.11 bits per heavy atom.